The molecule has 98 valence electrons. The standard InChI is InChI=1S/C16H28O/c1-11-8-9-12(15(11,4)5)13-10-14(2,3)17-16(13,6)7/h8,12-13H,9-10H2,1-7H3. The summed E-state index contributed by atoms with van der Waals surface area (Å²) in [6, 6.07) is 0. The van der Waals surface area contributed by atoms with E-state index in [-0.39, 0.29) is 11.2 Å². The van der Waals surface area contributed by atoms with Gasteiger partial charge in [0.25, 0.3) is 0 Å². The van der Waals surface area contributed by atoms with Crippen molar-refractivity contribution < 1.29 is 4.74 Å². The summed E-state index contributed by atoms with van der Waals surface area (Å²) < 4.78 is 6.27. The van der Waals surface area contributed by atoms with Crippen LogP contribution in [0.5, 0.6) is 0 Å². The Morgan fingerprint density at radius 2 is 1.65 bits per heavy atom. The van der Waals surface area contributed by atoms with Crippen LogP contribution in [0.4, 0.5) is 0 Å². The zero-order chi connectivity index (χ0) is 13.1. The van der Waals surface area contributed by atoms with Crippen molar-refractivity contribution >= 4 is 0 Å². The molecule has 0 aromatic rings. The molecule has 0 aromatic heterocycles. The fourth-order valence-electron chi connectivity index (χ4n) is 4.05. The Morgan fingerprint density at radius 1 is 1.06 bits per heavy atom. The highest BCUT2D eigenvalue weighted by Gasteiger charge is 2.53. The van der Waals surface area contributed by atoms with Gasteiger partial charge in [0.2, 0.25) is 0 Å². The molecule has 17 heavy (non-hydrogen) atoms. The molecule has 1 heterocycles. The minimum Gasteiger partial charge on any atom is -0.369 e. The Balaban J connectivity index is 2.26. The molecule has 1 fully saturated rings. The van der Waals surface area contributed by atoms with E-state index in [9.17, 15) is 0 Å². The van der Waals surface area contributed by atoms with Crippen LogP contribution in [0.25, 0.3) is 0 Å². The first-order valence-corrected chi connectivity index (χ1v) is 6.94. The van der Waals surface area contributed by atoms with Crippen LogP contribution in [-0.2, 0) is 4.74 Å². The number of allylic oxidation sites excluding steroid dienone is 2. The van der Waals surface area contributed by atoms with Crippen molar-refractivity contribution in [3.05, 3.63) is 11.6 Å². The number of hydrogen-bond acceptors (Lipinski definition) is 1. The van der Waals surface area contributed by atoms with Crippen molar-refractivity contribution in [2.24, 2.45) is 17.3 Å². The molecule has 0 amide bonds. The predicted molar refractivity (Wildman–Crippen MR) is 73.0 cm³/mol. The monoisotopic (exact) mass is 236 g/mol. The first-order valence-electron chi connectivity index (χ1n) is 6.94. The lowest BCUT2D eigenvalue weighted by Gasteiger charge is -2.39. The van der Waals surface area contributed by atoms with Gasteiger partial charge in [0.15, 0.2) is 0 Å². The first kappa shape index (κ1) is 13.1. The zero-order valence-electron chi connectivity index (χ0n) is 12.6. The molecular weight excluding hydrogens is 208 g/mol. The molecule has 0 radical (unpaired) electrons. The Labute approximate surface area is 107 Å². The van der Waals surface area contributed by atoms with Gasteiger partial charge in [0.05, 0.1) is 11.2 Å². The van der Waals surface area contributed by atoms with Crippen molar-refractivity contribution in [3.63, 3.8) is 0 Å². The minimum atomic E-state index is 0.0178. The molecule has 1 aliphatic carbocycles. The maximum Gasteiger partial charge on any atom is 0.0665 e. The summed E-state index contributed by atoms with van der Waals surface area (Å²) in [4.78, 5) is 0. The van der Waals surface area contributed by atoms with E-state index in [1.54, 1.807) is 5.57 Å². The minimum absolute atomic E-state index is 0.0178. The second kappa shape index (κ2) is 3.60. The lowest BCUT2D eigenvalue weighted by atomic mass is 9.66. The molecule has 0 saturated carbocycles. The average Bonchev–Trinajstić information content (AvgIpc) is 2.48. The van der Waals surface area contributed by atoms with E-state index in [0.29, 0.717) is 11.3 Å². The smallest absolute Gasteiger partial charge is 0.0665 e. The van der Waals surface area contributed by atoms with Crippen LogP contribution in [0.1, 0.15) is 61.3 Å². The molecule has 1 saturated heterocycles. The van der Waals surface area contributed by atoms with Crippen LogP contribution in [-0.4, -0.2) is 11.2 Å². The molecule has 0 N–H and O–H groups in total. The van der Waals surface area contributed by atoms with Gasteiger partial charge in [-0.1, -0.05) is 25.5 Å². The van der Waals surface area contributed by atoms with Gasteiger partial charge >= 0.3 is 0 Å². The van der Waals surface area contributed by atoms with Gasteiger partial charge in [0, 0.05) is 0 Å². The summed E-state index contributed by atoms with van der Waals surface area (Å²) in [5.41, 5.74) is 1.96. The largest absolute Gasteiger partial charge is 0.369 e. The molecule has 0 aromatic carbocycles. The Hall–Kier alpha value is -0.300. The van der Waals surface area contributed by atoms with Crippen LogP contribution in [0.2, 0.25) is 0 Å². The molecule has 2 atom stereocenters. The SMILES string of the molecule is CC1=CCC(C2CC(C)(C)OC2(C)C)C1(C)C. The molecule has 1 nitrogen and oxygen atoms in total. The van der Waals surface area contributed by atoms with E-state index in [1.807, 2.05) is 0 Å². The molecule has 2 unspecified atom stereocenters. The normalized spacial score (nSPS) is 38.2. The highest BCUT2D eigenvalue weighted by molar-refractivity contribution is 5.21. The van der Waals surface area contributed by atoms with Gasteiger partial charge in [-0.2, -0.15) is 0 Å². The fourth-order valence-corrected chi connectivity index (χ4v) is 4.05. The third-order valence-electron chi connectivity index (χ3n) is 5.25. The maximum atomic E-state index is 6.27. The average molecular weight is 236 g/mol. The molecule has 0 spiro atoms. The quantitative estimate of drug-likeness (QED) is 0.606. The van der Waals surface area contributed by atoms with Crippen molar-refractivity contribution in [1.29, 1.82) is 0 Å². The third-order valence-corrected chi connectivity index (χ3v) is 5.25. The topological polar surface area (TPSA) is 9.23 Å². The Kier molecular flexibility index (Phi) is 2.78. The maximum absolute atomic E-state index is 6.27. The second-order valence-electron chi connectivity index (χ2n) is 7.73. The van der Waals surface area contributed by atoms with Crippen molar-refractivity contribution in [1.82, 2.24) is 0 Å². The summed E-state index contributed by atoms with van der Waals surface area (Å²) in [6.45, 7) is 16.1. The van der Waals surface area contributed by atoms with Gasteiger partial charge in [0.1, 0.15) is 0 Å². The summed E-state index contributed by atoms with van der Waals surface area (Å²) >= 11 is 0. The lowest BCUT2D eigenvalue weighted by molar-refractivity contribution is -0.0838. The molecule has 1 aliphatic heterocycles. The van der Waals surface area contributed by atoms with Gasteiger partial charge in [-0.3, -0.25) is 0 Å². The van der Waals surface area contributed by atoms with Gasteiger partial charge in [-0.25, -0.2) is 0 Å². The van der Waals surface area contributed by atoms with Crippen molar-refractivity contribution in [2.75, 3.05) is 0 Å². The predicted octanol–water partition coefficient (Wildman–Crippen LogP) is 4.57. The van der Waals surface area contributed by atoms with E-state index in [1.165, 1.54) is 12.8 Å². The van der Waals surface area contributed by atoms with E-state index >= 15 is 0 Å². The van der Waals surface area contributed by atoms with Gasteiger partial charge in [-0.15, -0.1) is 0 Å². The summed E-state index contributed by atoms with van der Waals surface area (Å²) in [5.74, 6) is 1.40. The van der Waals surface area contributed by atoms with E-state index in [4.69, 9.17) is 4.74 Å². The molecule has 1 heteroatoms. The van der Waals surface area contributed by atoms with Crippen molar-refractivity contribution in [3.8, 4) is 0 Å². The van der Waals surface area contributed by atoms with Crippen LogP contribution in [0.3, 0.4) is 0 Å². The fraction of sp³-hybridized carbons (Fsp3) is 0.875. The van der Waals surface area contributed by atoms with E-state index in [2.05, 4.69) is 54.5 Å². The van der Waals surface area contributed by atoms with Crippen LogP contribution in [0.15, 0.2) is 11.6 Å². The van der Waals surface area contributed by atoms with E-state index < -0.39 is 0 Å². The molecular formula is C16H28O. The van der Waals surface area contributed by atoms with Crippen LogP contribution < -0.4 is 0 Å². The molecule has 2 aliphatic rings. The number of ether oxygens (including phenoxy) is 1. The van der Waals surface area contributed by atoms with Crippen LogP contribution >= 0.6 is 0 Å². The molecule has 0 bridgehead atoms. The highest BCUT2D eigenvalue weighted by Crippen LogP contribution is 2.55. The third kappa shape index (κ3) is 2.07. The summed E-state index contributed by atoms with van der Waals surface area (Å²) in [7, 11) is 0. The van der Waals surface area contributed by atoms with Gasteiger partial charge in [-0.05, 0) is 64.7 Å². The van der Waals surface area contributed by atoms with Gasteiger partial charge < -0.3 is 4.74 Å². The number of hydrogen-bond donors (Lipinski definition) is 0. The van der Waals surface area contributed by atoms with E-state index in [0.717, 1.165) is 5.92 Å². The Morgan fingerprint density at radius 3 is 2.00 bits per heavy atom. The summed E-state index contributed by atoms with van der Waals surface area (Å²) in [6.07, 6.45) is 4.85. The second-order valence-corrected chi connectivity index (χ2v) is 7.73. The van der Waals surface area contributed by atoms with Crippen LogP contribution in [0, 0.1) is 17.3 Å². The first-order chi connectivity index (χ1) is 7.56. The summed E-state index contributed by atoms with van der Waals surface area (Å²) in [5, 5.41) is 0. The number of rotatable bonds is 1. The Bertz CT molecular complexity index is 347. The highest BCUT2D eigenvalue weighted by atomic mass is 16.5. The molecule has 2 rings (SSSR count). The van der Waals surface area contributed by atoms with Crippen molar-refractivity contribution in [2.45, 2.75) is 72.5 Å². The zero-order valence-corrected chi connectivity index (χ0v) is 12.6. The lowest BCUT2D eigenvalue weighted by Crippen LogP contribution is -2.38.